The molecule has 2 rings (SSSR count). The minimum absolute atomic E-state index is 0.241. The van der Waals surface area contributed by atoms with Crippen molar-refractivity contribution in [3.05, 3.63) is 11.1 Å². The minimum atomic E-state index is -0.951. The number of rotatable bonds is 2. The number of anilines is 1. The summed E-state index contributed by atoms with van der Waals surface area (Å²) < 4.78 is 0. The maximum Gasteiger partial charge on any atom is 0.326 e. The minimum Gasteiger partial charge on any atom is -0.480 e. The van der Waals surface area contributed by atoms with E-state index in [1.54, 1.807) is 5.38 Å². The fourth-order valence-electron chi connectivity index (χ4n) is 2.14. The fourth-order valence-corrected chi connectivity index (χ4v) is 2.68. The van der Waals surface area contributed by atoms with Crippen LogP contribution in [0.3, 0.4) is 0 Å². The molecule has 3 N–H and O–H groups in total. The van der Waals surface area contributed by atoms with Gasteiger partial charge in [0.2, 0.25) is 0 Å². The number of hydrogen-bond acceptors (Lipinski definition) is 5. The van der Waals surface area contributed by atoms with Crippen LogP contribution in [-0.4, -0.2) is 39.5 Å². The number of thiazole rings is 1. The van der Waals surface area contributed by atoms with Gasteiger partial charge in [-0.05, 0) is 12.8 Å². The third-order valence-corrected chi connectivity index (χ3v) is 3.71. The Labute approximate surface area is 108 Å². The van der Waals surface area contributed by atoms with E-state index in [1.165, 1.54) is 16.2 Å². The van der Waals surface area contributed by atoms with Crippen molar-refractivity contribution in [2.24, 2.45) is 0 Å². The number of nitrogens with zero attached hydrogens (tertiary/aromatic N) is 2. The molecule has 0 aliphatic carbocycles. The Morgan fingerprint density at radius 2 is 2.22 bits per heavy atom. The molecule has 0 radical (unpaired) electrons. The van der Waals surface area contributed by atoms with Crippen molar-refractivity contribution in [2.45, 2.75) is 31.7 Å². The highest BCUT2D eigenvalue weighted by molar-refractivity contribution is 7.13. The molecule has 1 saturated heterocycles. The summed E-state index contributed by atoms with van der Waals surface area (Å²) in [6, 6.07) is -0.747. The molecule has 1 unspecified atom stereocenters. The van der Waals surface area contributed by atoms with Crippen molar-refractivity contribution in [2.75, 3.05) is 12.3 Å². The van der Waals surface area contributed by atoms with E-state index in [0.717, 1.165) is 19.3 Å². The van der Waals surface area contributed by atoms with Crippen LogP contribution in [-0.2, 0) is 4.79 Å². The molecule has 7 heteroatoms. The zero-order valence-corrected chi connectivity index (χ0v) is 10.7. The average molecular weight is 269 g/mol. The summed E-state index contributed by atoms with van der Waals surface area (Å²) in [7, 11) is 0. The van der Waals surface area contributed by atoms with Crippen LogP contribution in [0.2, 0.25) is 0 Å². The van der Waals surface area contributed by atoms with Gasteiger partial charge in [-0.15, -0.1) is 11.3 Å². The lowest BCUT2D eigenvalue weighted by Crippen LogP contribution is -2.44. The van der Waals surface area contributed by atoms with E-state index in [9.17, 15) is 14.7 Å². The zero-order chi connectivity index (χ0) is 13.1. The Hall–Kier alpha value is -1.63. The molecule has 0 saturated carbocycles. The average Bonchev–Trinajstić information content (AvgIpc) is 2.63. The Kier molecular flexibility index (Phi) is 3.81. The lowest BCUT2D eigenvalue weighted by atomic mass is 10.1. The van der Waals surface area contributed by atoms with Gasteiger partial charge in [0.25, 0.3) is 5.91 Å². The van der Waals surface area contributed by atoms with E-state index in [2.05, 4.69) is 4.98 Å². The predicted molar refractivity (Wildman–Crippen MR) is 67.5 cm³/mol. The molecular weight excluding hydrogens is 254 g/mol. The van der Waals surface area contributed by atoms with E-state index in [0.29, 0.717) is 18.1 Å². The van der Waals surface area contributed by atoms with Crippen LogP contribution in [0.4, 0.5) is 5.13 Å². The number of carbonyl (C=O) groups is 2. The molecule has 6 nitrogen and oxygen atoms in total. The van der Waals surface area contributed by atoms with Gasteiger partial charge in [0.05, 0.1) is 0 Å². The quantitative estimate of drug-likeness (QED) is 0.840. The first-order valence-corrected chi connectivity index (χ1v) is 6.72. The number of carbonyl (C=O) groups excluding carboxylic acids is 1. The van der Waals surface area contributed by atoms with Crippen molar-refractivity contribution in [1.29, 1.82) is 0 Å². The molecule has 1 aromatic heterocycles. The van der Waals surface area contributed by atoms with Gasteiger partial charge in [-0.2, -0.15) is 0 Å². The summed E-state index contributed by atoms with van der Waals surface area (Å²) in [6.45, 7) is 0.466. The summed E-state index contributed by atoms with van der Waals surface area (Å²) in [5.41, 5.74) is 5.73. The topological polar surface area (TPSA) is 96.5 Å². The number of nitrogens with two attached hydrogens (primary N) is 1. The maximum absolute atomic E-state index is 12.2. The highest BCUT2D eigenvalue weighted by Gasteiger charge is 2.32. The molecule has 1 fully saturated rings. The van der Waals surface area contributed by atoms with Crippen LogP contribution in [0.15, 0.2) is 5.38 Å². The summed E-state index contributed by atoms with van der Waals surface area (Å²) in [5.74, 6) is -1.29. The number of amides is 1. The molecule has 0 spiro atoms. The van der Waals surface area contributed by atoms with Crippen molar-refractivity contribution < 1.29 is 14.7 Å². The Morgan fingerprint density at radius 3 is 2.83 bits per heavy atom. The molecule has 2 heterocycles. The molecular formula is C11H15N3O3S. The second-order valence-electron chi connectivity index (χ2n) is 4.27. The van der Waals surface area contributed by atoms with Crippen LogP contribution in [0.5, 0.6) is 0 Å². The van der Waals surface area contributed by atoms with Gasteiger partial charge in [0.15, 0.2) is 5.13 Å². The van der Waals surface area contributed by atoms with Crippen LogP contribution in [0, 0.1) is 0 Å². The maximum atomic E-state index is 12.2. The number of nitrogen functional groups attached to an aromatic ring is 1. The van der Waals surface area contributed by atoms with Gasteiger partial charge in [0.1, 0.15) is 11.7 Å². The second kappa shape index (κ2) is 5.34. The summed E-state index contributed by atoms with van der Waals surface area (Å²) in [5, 5.41) is 11.1. The standard InChI is InChI=1S/C11H15N3O3S/c12-11-13-7(6-18-11)9(15)14-5-3-1-2-4-8(14)10(16)17/h6,8H,1-5H2,(H2,12,13)(H,16,17). The number of likely N-dealkylation sites (tertiary alicyclic amines) is 1. The molecule has 0 bridgehead atoms. The van der Waals surface area contributed by atoms with Crippen LogP contribution in [0.25, 0.3) is 0 Å². The first-order valence-electron chi connectivity index (χ1n) is 5.84. The highest BCUT2D eigenvalue weighted by Crippen LogP contribution is 2.21. The Bertz CT molecular complexity index is 460. The predicted octanol–water partition coefficient (Wildman–Crippen LogP) is 1.19. The normalized spacial score (nSPS) is 20.4. The van der Waals surface area contributed by atoms with Crippen molar-refractivity contribution in [3.8, 4) is 0 Å². The van der Waals surface area contributed by atoms with E-state index in [1.807, 2.05) is 0 Å². The summed E-state index contributed by atoms with van der Waals surface area (Å²) in [6.07, 6.45) is 3.11. The molecule has 1 aliphatic rings. The third-order valence-electron chi connectivity index (χ3n) is 3.04. The second-order valence-corrected chi connectivity index (χ2v) is 5.16. The largest absolute Gasteiger partial charge is 0.480 e. The lowest BCUT2D eigenvalue weighted by Gasteiger charge is -2.26. The van der Waals surface area contributed by atoms with Gasteiger partial charge in [-0.3, -0.25) is 4.79 Å². The zero-order valence-electron chi connectivity index (χ0n) is 9.83. The highest BCUT2D eigenvalue weighted by atomic mass is 32.1. The van der Waals surface area contributed by atoms with Gasteiger partial charge >= 0.3 is 5.97 Å². The van der Waals surface area contributed by atoms with Crippen molar-refractivity contribution in [1.82, 2.24) is 9.88 Å². The smallest absolute Gasteiger partial charge is 0.326 e. The molecule has 98 valence electrons. The number of carboxylic acid groups (broad SMARTS) is 1. The Balaban J connectivity index is 2.22. The molecule has 0 aromatic carbocycles. The molecule has 1 atom stereocenters. The fraction of sp³-hybridized carbons (Fsp3) is 0.545. The summed E-state index contributed by atoms with van der Waals surface area (Å²) >= 11 is 1.18. The van der Waals surface area contributed by atoms with Gasteiger partial charge in [0, 0.05) is 11.9 Å². The molecule has 1 amide bonds. The van der Waals surface area contributed by atoms with Crippen LogP contribution >= 0.6 is 11.3 Å². The van der Waals surface area contributed by atoms with Gasteiger partial charge < -0.3 is 15.7 Å². The number of hydrogen-bond donors (Lipinski definition) is 2. The number of aliphatic carboxylic acids is 1. The first kappa shape index (κ1) is 12.8. The SMILES string of the molecule is Nc1nc(C(=O)N2CCCCCC2C(=O)O)cs1. The van der Waals surface area contributed by atoms with E-state index < -0.39 is 12.0 Å². The number of carboxylic acids is 1. The molecule has 1 aliphatic heterocycles. The monoisotopic (exact) mass is 269 g/mol. The Morgan fingerprint density at radius 1 is 1.44 bits per heavy atom. The van der Waals surface area contributed by atoms with Crippen molar-refractivity contribution >= 4 is 28.3 Å². The van der Waals surface area contributed by atoms with Gasteiger partial charge in [-0.1, -0.05) is 12.8 Å². The third kappa shape index (κ3) is 2.61. The van der Waals surface area contributed by atoms with Crippen LogP contribution in [0.1, 0.15) is 36.2 Å². The lowest BCUT2D eigenvalue weighted by molar-refractivity contribution is -0.142. The summed E-state index contributed by atoms with van der Waals surface area (Å²) in [4.78, 5) is 28.8. The molecule has 1 aromatic rings. The van der Waals surface area contributed by atoms with Crippen LogP contribution < -0.4 is 5.73 Å². The van der Waals surface area contributed by atoms with Gasteiger partial charge in [-0.25, -0.2) is 9.78 Å². The van der Waals surface area contributed by atoms with E-state index >= 15 is 0 Å². The van der Waals surface area contributed by atoms with Crippen molar-refractivity contribution in [3.63, 3.8) is 0 Å². The van der Waals surface area contributed by atoms with E-state index in [4.69, 9.17) is 5.73 Å². The molecule has 18 heavy (non-hydrogen) atoms. The van der Waals surface area contributed by atoms with E-state index in [-0.39, 0.29) is 11.6 Å². The first-order chi connectivity index (χ1) is 8.59. The number of aromatic nitrogens is 1.